The molecule has 10 aromatic carbocycles. The summed E-state index contributed by atoms with van der Waals surface area (Å²) in [6, 6.07) is 95.0. The largest absolute Gasteiger partial charge is 0.310 e. The van der Waals surface area contributed by atoms with Gasteiger partial charge in [0.2, 0.25) is 0 Å². The molecular weight excluding hydrogens is 815 g/mol. The maximum Gasteiger partial charge on any atom is 0.0734 e. The van der Waals surface area contributed by atoms with Gasteiger partial charge in [-0.15, -0.1) is 11.3 Å². The molecule has 0 fully saturated rings. The molecule has 0 spiro atoms. The standard InChI is InChI=1S/C64H43NS/c1-5-18-47(19-6-1)63(48-20-7-2-8-21-48)57-29-15-14-27-54(57)56-43-52(38-39-59(56)63)65(51-36-34-44(35-37-51)46-33-32-45-40-41-66-61(45)42-46)60-31-17-28-55-53-26-13-16-30-58(53)64(62(55)60,49-22-9-3-10-23-49)50-24-11-4-12-25-50/h1-43H. The zero-order valence-corrected chi connectivity index (χ0v) is 37.0. The highest BCUT2D eigenvalue weighted by atomic mass is 32.1. The van der Waals surface area contributed by atoms with E-state index in [0.29, 0.717) is 0 Å². The lowest BCUT2D eigenvalue weighted by Crippen LogP contribution is -2.30. The molecule has 2 aliphatic carbocycles. The molecule has 310 valence electrons. The van der Waals surface area contributed by atoms with Crippen LogP contribution in [0.1, 0.15) is 44.5 Å². The Labute approximate surface area is 390 Å². The van der Waals surface area contributed by atoms with Crippen molar-refractivity contribution in [2.45, 2.75) is 10.8 Å². The van der Waals surface area contributed by atoms with Crippen LogP contribution in [0.3, 0.4) is 0 Å². The molecule has 0 radical (unpaired) electrons. The van der Waals surface area contributed by atoms with E-state index in [0.717, 1.165) is 17.1 Å². The summed E-state index contributed by atoms with van der Waals surface area (Å²) in [4.78, 5) is 2.53. The minimum Gasteiger partial charge on any atom is -0.310 e. The third kappa shape index (κ3) is 5.59. The van der Waals surface area contributed by atoms with Crippen LogP contribution in [0.15, 0.2) is 260 Å². The summed E-state index contributed by atoms with van der Waals surface area (Å²) in [6.07, 6.45) is 0. The van der Waals surface area contributed by atoms with Crippen LogP contribution in [0.25, 0.3) is 43.5 Å². The molecule has 0 saturated carbocycles. The fourth-order valence-electron chi connectivity index (χ4n) is 11.6. The van der Waals surface area contributed by atoms with Gasteiger partial charge in [0.15, 0.2) is 0 Å². The molecule has 0 N–H and O–H groups in total. The number of nitrogens with zero attached hydrogens (tertiary/aromatic N) is 1. The SMILES string of the molecule is c1ccc(C2(c3ccccc3)c3ccccc3-c3cc(N(c4ccc(-c5ccc6ccsc6c5)cc4)c4cccc5c4C(c4ccccc4)(c4ccccc4)c4ccccc4-5)ccc32)cc1. The highest BCUT2D eigenvalue weighted by Crippen LogP contribution is 2.61. The summed E-state index contributed by atoms with van der Waals surface area (Å²) >= 11 is 1.79. The highest BCUT2D eigenvalue weighted by molar-refractivity contribution is 7.17. The summed E-state index contributed by atoms with van der Waals surface area (Å²) < 4.78 is 1.30. The van der Waals surface area contributed by atoms with Crippen LogP contribution in [0, 0.1) is 0 Å². The maximum atomic E-state index is 2.53. The van der Waals surface area contributed by atoms with Crippen molar-refractivity contribution < 1.29 is 0 Å². The highest BCUT2D eigenvalue weighted by Gasteiger charge is 2.49. The van der Waals surface area contributed by atoms with Crippen molar-refractivity contribution in [2.75, 3.05) is 4.90 Å². The van der Waals surface area contributed by atoms with E-state index in [2.05, 4.69) is 265 Å². The zero-order chi connectivity index (χ0) is 43.7. The van der Waals surface area contributed by atoms with Gasteiger partial charge in [0.25, 0.3) is 0 Å². The van der Waals surface area contributed by atoms with Gasteiger partial charge in [-0.05, 0) is 126 Å². The van der Waals surface area contributed by atoms with E-state index < -0.39 is 10.8 Å². The van der Waals surface area contributed by atoms with Gasteiger partial charge in [-0.25, -0.2) is 0 Å². The van der Waals surface area contributed by atoms with Crippen molar-refractivity contribution in [2.24, 2.45) is 0 Å². The van der Waals surface area contributed by atoms with Crippen LogP contribution in [-0.4, -0.2) is 0 Å². The van der Waals surface area contributed by atoms with Crippen LogP contribution >= 0.6 is 11.3 Å². The lowest BCUT2D eigenvalue weighted by atomic mass is 9.67. The van der Waals surface area contributed by atoms with Crippen LogP contribution < -0.4 is 4.90 Å². The first-order valence-electron chi connectivity index (χ1n) is 22.8. The summed E-state index contributed by atoms with van der Waals surface area (Å²) in [5.74, 6) is 0. The Morgan fingerprint density at radius 1 is 0.318 bits per heavy atom. The molecular formula is C64H43NS. The van der Waals surface area contributed by atoms with Gasteiger partial charge in [-0.2, -0.15) is 0 Å². The normalized spacial score (nSPS) is 13.7. The van der Waals surface area contributed by atoms with Crippen molar-refractivity contribution in [3.63, 3.8) is 0 Å². The quantitative estimate of drug-likeness (QED) is 0.147. The minimum absolute atomic E-state index is 0.492. The van der Waals surface area contributed by atoms with Crippen LogP contribution in [0.5, 0.6) is 0 Å². The number of fused-ring (bicyclic) bond motifs is 7. The molecule has 0 saturated heterocycles. The fraction of sp³-hybridized carbons (Fsp3) is 0.0312. The van der Waals surface area contributed by atoms with Gasteiger partial charge in [0, 0.05) is 21.6 Å². The molecule has 2 heteroatoms. The molecule has 0 atom stereocenters. The van der Waals surface area contributed by atoms with Crippen LogP contribution in [0.2, 0.25) is 0 Å². The molecule has 0 unspecified atom stereocenters. The number of rotatable bonds is 8. The first-order chi connectivity index (χ1) is 32.7. The van der Waals surface area contributed by atoms with E-state index in [1.165, 1.54) is 88.0 Å². The first-order valence-corrected chi connectivity index (χ1v) is 23.7. The third-order valence-electron chi connectivity index (χ3n) is 14.3. The average molecular weight is 858 g/mol. The van der Waals surface area contributed by atoms with E-state index in [4.69, 9.17) is 0 Å². The second-order valence-electron chi connectivity index (χ2n) is 17.5. The number of hydrogen-bond acceptors (Lipinski definition) is 2. The zero-order valence-electron chi connectivity index (χ0n) is 36.2. The lowest BCUT2D eigenvalue weighted by molar-refractivity contribution is 0.767. The predicted octanol–water partition coefficient (Wildman–Crippen LogP) is 16.8. The maximum absolute atomic E-state index is 2.53. The Morgan fingerprint density at radius 3 is 1.42 bits per heavy atom. The van der Waals surface area contributed by atoms with Gasteiger partial charge in [-0.3, -0.25) is 0 Å². The second-order valence-corrected chi connectivity index (χ2v) is 18.5. The molecule has 1 heterocycles. The Kier molecular flexibility index (Phi) is 8.91. The van der Waals surface area contributed by atoms with Crippen molar-refractivity contribution >= 4 is 38.5 Å². The van der Waals surface area contributed by atoms with Crippen LogP contribution in [-0.2, 0) is 10.8 Å². The molecule has 2 aliphatic rings. The number of anilines is 3. The first kappa shape index (κ1) is 38.4. The molecule has 1 nitrogen and oxygen atoms in total. The third-order valence-corrected chi connectivity index (χ3v) is 15.2. The van der Waals surface area contributed by atoms with Gasteiger partial charge in [0.1, 0.15) is 0 Å². The Hall–Kier alpha value is -8.04. The number of thiophene rings is 1. The monoisotopic (exact) mass is 857 g/mol. The van der Waals surface area contributed by atoms with Gasteiger partial charge in [-0.1, -0.05) is 212 Å². The Balaban J connectivity index is 1.09. The second kappa shape index (κ2) is 15.3. The van der Waals surface area contributed by atoms with E-state index in [1.807, 2.05) is 0 Å². The molecule has 11 aromatic rings. The molecule has 0 aliphatic heterocycles. The van der Waals surface area contributed by atoms with E-state index in [9.17, 15) is 0 Å². The molecule has 13 rings (SSSR count). The van der Waals surface area contributed by atoms with Crippen molar-refractivity contribution in [1.29, 1.82) is 0 Å². The van der Waals surface area contributed by atoms with Gasteiger partial charge < -0.3 is 4.90 Å². The summed E-state index contributed by atoms with van der Waals surface area (Å²) in [5.41, 5.74) is 19.9. The van der Waals surface area contributed by atoms with Crippen molar-refractivity contribution in [1.82, 2.24) is 0 Å². The minimum atomic E-state index is -0.599. The Morgan fingerprint density at radius 2 is 0.803 bits per heavy atom. The predicted molar refractivity (Wildman–Crippen MR) is 277 cm³/mol. The lowest BCUT2D eigenvalue weighted by Gasteiger charge is -2.38. The average Bonchev–Trinajstić information content (AvgIpc) is 4.08. The van der Waals surface area contributed by atoms with Gasteiger partial charge in [0.05, 0.1) is 16.5 Å². The molecule has 0 amide bonds. The van der Waals surface area contributed by atoms with E-state index in [1.54, 1.807) is 11.3 Å². The number of benzene rings is 10. The Bertz CT molecular complexity index is 3490. The molecule has 1 aromatic heterocycles. The topological polar surface area (TPSA) is 3.24 Å². The van der Waals surface area contributed by atoms with Crippen LogP contribution in [0.4, 0.5) is 17.1 Å². The summed E-state index contributed by atoms with van der Waals surface area (Å²) in [6.45, 7) is 0. The van der Waals surface area contributed by atoms with Gasteiger partial charge >= 0.3 is 0 Å². The van der Waals surface area contributed by atoms with E-state index in [-0.39, 0.29) is 0 Å². The van der Waals surface area contributed by atoms with Crippen molar-refractivity contribution in [3.8, 4) is 33.4 Å². The molecule has 0 bridgehead atoms. The molecule has 66 heavy (non-hydrogen) atoms. The van der Waals surface area contributed by atoms with E-state index >= 15 is 0 Å². The smallest absolute Gasteiger partial charge is 0.0734 e. The van der Waals surface area contributed by atoms with Crippen molar-refractivity contribution in [3.05, 3.63) is 305 Å². The fourth-order valence-corrected chi connectivity index (χ4v) is 12.4. The summed E-state index contributed by atoms with van der Waals surface area (Å²) in [5, 5.41) is 3.46. The summed E-state index contributed by atoms with van der Waals surface area (Å²) in [7, 11) is 0. The number of hydrogen-bond donors (Lipinski definition) is 0.